The maximum absolute atomic E-state index is 4.48. The molecule has 1 aromatic heterocycles. The van der Waals surface area contributed by atoms with Gasteiger partial charge in [-0.05, 0) is 64.0 Å². The van der Waals surface area contributed by atoms with E-state index < -0.39 is 0 Å². The molecule has 1 atom stereocenters. The van der Waals surface area contributed by atoms with Crippen molar-refractivity contribution in [2.24, 2.45) is 0 Å². The molecule has 0 aliphatic carbocycles. The highest BCUT2D eigenvalue weighted by Crippen LogP contribution is 2.29. The molecule has 0 aliphatic rings. The summed E-state index contributed by atoms with van der Waals surface area (Å²) in [5, 5.41) is 15.4. The van der Waals surface area contributed by atoms with E-state index in [9.17, 15) is 0 Å². The number of aryl methyl sites for hydroxylation is 1. The highest BCUT2D eigenvalue weighted by Gasteiger charge is 2.26. The summed E-state index contributed by atoms with van der Waals surface area (Å²) in [6, 6.07) is 33.6. The Kier molecular flexibility index (Phi) is 5.48. The second-order valence-corrected chi connectivity index (χ2v) is 8.15. The van der Waals surface area contributed by atoms with Gasteiger partial charge >= 0.3 is 0 Å². The topological polar surface area (TPSA) is 46.8 Å². The van der Waals surface area contributed by atoms with Gasteiger partial charge in [-0.25, -0.2) is 0 Å². The zero-order valence-electron chi connectivity index (χ0n) is 18.3. The molecule has 0 spiro atoms. The SMILES string of the molecule is Cc1ccccc1-n1nnnc1C(c1ccccc1)N(C)Cc1ccc2ccccc2c1. The second-order valence-electron chi connectivity index (χ2n) is 8.15. The molecule has 5 heteroatoms. The monoisotopic (exact) mass is 419 g/mol. The number of tetrazole rings is 1. The third-order valence-corrected chi connectivity index (χ3v) is 5.88. The van der Waals surface area contributed by atoms with Crippen LogP contribution in [-0.4, -0.2) is 32.2 Å². The fourth-order valence-electron chi connectivity index (χ4n) is 4.29. The van der Waals surface area contributed by atoms with Crippen molar-refractivity contribution in [1.29, 1.82) is 0 Å². The van der Waals surface area contributed by atoms with Gasteiger partial charge in [0.15, 0.2) is 5.82 Å². The van der Waals surface area contributed by atoms with E-state index in [-0.39, 0.29) is 6.04 Å². The first-order chi connectivity index (χ1) is 15.7. The maximum atomic E-state index is 4.48. The molecule has 158 valence electrons. The van der Waals surface area contributed by atoms with Crippen LogP contribution >= 0.6 is 0 Å². The third-order valence-electron chi connectivity index (χ3n) is 5.88. The fraction of sp³-hybridized carbons (Fsp3) is 0.148. The Hall–Kier alpha value is -3.83. The quantitative estimate of drug-likeness (QED) is 0.372. The smallest absolute Gasteiger partial charge is 0.178 e. The van der Waals surface area contributed by atoms with Crippen LogP contribution in [0.4, 0.5) is 0 Å². The Morgan fingerprint density at radius 1 is 0.812 bits per heavy atom. The van der Waals surface area contributed by atoms with Crippen LogP contribution in [0.2, 0.25) is 0 Å². The fourth-order valence-corrected chi connectivity index (χ4v) is 4.29. The number of fused-ring (bicyclic) bond motifs is 1. The van der Waals surface area contributed by atoms with E-state index in [1.807, 2.05) is 22.9 Å². The molecule has 4 aromatic carbocycles. The van der Waals surface area contributed by atoms with E-state index in [1.165, 1.54) is 16.3 Å². The molecule has 5 rings (SSSR count). The molecule has 5 nitrogen and oxygen atoms in total. The Bertz CT molecular complexity index is 1340. The largest absolute Gasteiger partial charge is 0.288 e. The normalized spacial score (nSPS) is 12.3. The summed E-state index contributed by atoms with van der Waals surface area (Å²) in [5.74, 6) is 0.800. The summed E-state index contributed by atoms with van der Waals surface area (Å²) in [6.07, 6.45) is 0. The number of hydrogen-bond donors (Lipinski definition) is 0. The molecule has 0 amide bonds. The van der Waals surface area contributed by atoms with Gasteiger partial charge in [-0.15, -0.1) is 5.10 Å². The number of aromatic nitrogens is 4. The summed E-state index contributed by atoms with van der Waals surface area (Å²) in [6.45, 7) is 2.85. The molecule has 0 N–H and O–H groups in total. The van der Waals surface area contributed by atoms with Gasteiger partial charge in [-0.3, -0.25) is 4.90 Å². The lowest BCUT2D eigenvalue weighted by atomic mass is 10.0. The van der Waals surface area contributed by atoms with Crippen LogP contribution in [0.25, 0.3) is 16.5 Å². The minimum Gasteiger partial charge on any atom is -0.288 e. The Labute approximate surface area is 187 Å². The average molecular weight is 420 g/mol. The molecule has 32 heavy (non-hydrogen) atoms. The summed E-state index contributed by atoms with van der Waals surface area (Å²) in [4.78, 5) is 2.31. The van der Waals surface area contributed by atoms with Gasteiger partial charge in [-0.2, -0.15) is 4.68 Å². The minimum atomic E-state index is -0.0997. The zero-order chi connectivity index (χ0) is 21.9. The first kappa shape index (κ1) is 20.1. The van der Waals surface area contributed by atoms with Crippen LogP contribution < -0.4 is 0 Å². The van der Waals surface area contributed by atoms with Crippen molar-refractivity contribution in [1.82, 2.24) is 25.1 Å². The Morgan fingerprint density at radius 2 is 1.53 bits per heavy atom. The van der Waals surface area contributed by atoms with Crippen molar-refractivity contribution in [3.05, 3.63) is 120 Å². The van der Waals surface area contributed by atoms with Crippen molar-refractivity contribution in [3.8, 4) is 5.69 Å². The molecule has 0 fully saturated rings. The first-order valence-corrected chi connectivity index (χ1v) is 10.8. The number of hydrogen-bond acceptors (Lipinski definition) is 4. The van der Waals surface area contributed by atoms with Gasteiger partial charge in [0, 0.05) is 6.54 Å². The van der Waals surface area contributed by atoms with E-state index in [0.29, 0.717) is 0 Å². The molecule has 5 aromatic rings. The van der Waals surface area contributed by atoms with Crippen LogP contribution in [0.1, 0.15) is 28.6 Å². The predicted molar refractivity (Wildman–Crippen MR) is 128 cm³/mol. The third kappa shape index (κ3) is 3.90. The molecule has 0 bridgehead atoms. The van der Waals surface area contributed by atoms with Crippen molar-refractivity contribution < 1.29 is 0 Å². The lowest BCUT2D eigenvalue weighted by Gasteiger charge is -2.28. The highest BCUT2D eigenvalue weighted by molar-refractivity contribution is 5.82. The number of benzene rings is 4. The maximum Gasteiger partial charge on any atom is 0.178 e. The standard InChI is InChI=1S/C27H25N5/c1-20-10-6-9-15-25(20)32-27(28-29-30-32)26(23-12-4-3-5-13-23)31(2)19-21-16-17-22-11-7-8-14-24(22)18-21/h3-18,26H,19H2,1-2H3. The predicted octanol–water partition coefficient (Wildman–Crippen LogP) is 5.35. The molecule has 0 aliphatic heterocycles. The molecule has 0 saturated heterocycles. The summed E-state index contributed by atoms with van der Waals surface area (Å²) in [5.41, 5.74) is 4.53. The van der Waals surface area contributed by atoms with Crippen molar-refractivity contribution in [2.45, 2.75) is 19.5 Å². The van der Waals surface area contributed by atoms with E-state index in [2.05, 4.69) is 113 Å². The van der Waals surface area contributed by atoms with E-state index in [1.54, 1.807) is 0 Å². The lowest BCUT2D eigenvalue weighted by molar-refractivity contribution is 0.258. The van der Waals surface area contributed by atoms with Crippen molar-refractivity contribution in [2.75, 3.05) is 7.05 Å². The molecular weight excluding hydrogens is 394 g/mol. The molecule has 1 unspecified atom stereocenters. The van der Waals surface area contributed by atoms with Crippen LogP contribution in [0.3, 0.4) is 0 Å². The Morgan fingerprint density at radius 3 is 2.34 bits per heavy atom. The summed E-state index contributed by atoms with van der Waals surface area (Å²) < 4.78 is 1.86. The zero-order valence-corrected chi connectivity index (χ0v) is 18.3. The van der Waals surface area contributed by atoms with E-state index in [0.717, 1.165) is 29.2 Å². The van der Waals surface area contributed by atoms with Gasteiger partial charge in [0.2, 0.25) is 0 Å². The van der Waals surface area contributed by atoms with Gasteiger partial charge in [-0.1, -0.05) is 84.9 Å². The first-order valence-electron chi connectivity index (χ1n) is 10.8. The molecule has 1 heterocycles. The van der Waals surface area contributed by atoms with Gasteiger partial charge in [0.25, 0.3) is 0 Å². The minimum absolute atomic E-state index is 0.0997. The van der Waals surface area contributed by atoms with Crippen molar-refractivity contribution >= 4 is 10.8 Å². The summed E-state index contributed by atoms with van der Waals surface area (Å²) >= 11 is 0. The molecular formula is C27H25N5. The van der Waals surface area contributed by atoms with Gasteiger partial charge < -0.3 is 0 Å². The summed E-state index contributed by atoms with van der Waals surface area (Å²) in [7, 11) is 2.13. The number of nitrogens with zero attached hydrogens (tertiary/aromatic N) is 5. The van der Waals surface area contributed by atoms with Gasteiger partial charge in [0.05, 0.1) is 11.7 Å². The van der Waals surface area contributed by atoms with E-state index >= 15 is 0 Å². The van der Waals surface area contributed by atoms with Crippen LogP contribution in [-0.2, 0) is 6.54 Å². The highest BCUT2D eigenvalue weighted by atomic mass is 15.6. The molecule has 0 radical (unpaired) electrons. The Balaban J connectivity index is 1.55. The molecule has 0 saturated carbocycles. The van der Waals surface area contributed by atoms with Crippen LogP contribution in [0, 0.1) is 6.92 Å². The van der Waals surface area contributed by atoms with Crippen LogP contribution in [0.15, 0.2) is 97.1 Å². The van der Waals surface area contributed by atoms with Crippen LogP contribution in [0.5, 0.6) is 0 Å². The number of rotatable bonds is 6. The van der Waals surface area contributed by atoms with Crippen molar-refractivity contribution in [3.63, 3.8) is 0 Å². The average Bonchev–Trinajstić information content (AvgIpc) is 3.29. The van der Waals surface area contributed by atoms with E-state index in [4.69, 9.17) is 0 Å². The number of para-hydroxylation sites is 1. The second kappa shape index (κ2) is 8.73. The van der Waals surface area contributed by atoms with Gasteiger partial charge in [0.1, 0.15) is 0 Å². The lowest BCUT2D eigenvalue weighted by Crippen LogP contribution is -2.28.